The highest BCUT2D eigenvalue weighted by molar-refractivity contribution is 8.18. The number of aryl methyl sites for hydroxylation is 2. The van der Waals surface area contributed by atoms with Gasteiger partial charge in [-0.25, -0.2) is 0 Å². The molecule has 4 nitrogen and oxygen atoms in total. The van der Waals surface area contributed by atoms with Crippen molar-refractivity contribution in [2.24, 2.45) is 0 Å². The fourth-order valence-electron chi connectivity index (χ4n) is 3.39. The van der Waals surface area contributed by atoms with Crippen molar-refractivity contribution < 1.29 is 9.59 Å². The normalized spacial score (nSPS) is 15.5. The number of unbranched alkanes of at least 4 members (excludes halogenated alkanes) is 1. The van der Waals surface area contributed by atoms with Crippen molar-refractivity contribution in [2.45, 2.75) is 40.0 Å². The first kappa shape index (κ1) is 20.0. The van der Waals surface area contributed by atoms with Crippen LogP contribution >= 0.6 is 11.8 Å². The van der Waals surface area contributed by atoms with Gasteiger partial charge in [0.1, 0.15) is 0 Å². The molecule has 3 rings (SSSR count). The van der Waals surface area contributed by atoms with Gasteiger partial charge in [-0.05, 0) is 73.9 Å². The van der Waals surface area contributed by atoms with E-state index in [-0.39, 0.29) is 17.7 Å². The van der Waals surface area contributed by atoms with Gasteiger partial charge in [0.15, 0.2) is 0 Å². The Bertz CT molecular complexity index is 977. The van der Waals surface area contributed by atoms with E-state index in [0.29, 0.717) is 4.91 Å². The van der Waals surface area contributed by atoms with Crippen LogP contribution in [0.2, 0.25) is 0 Å². The van der Waals surface area contributed by atoms with Crippen molar-refractivity contribution in [3.05, 3.63) is 57.8 Å². The van der Waals surface area contributed by atoms with Gasteiger partial charge in [-0.3, -0.25) is 14.5 Å². The standard InChI is InChI=1S/C23H24N2O2S/c1-5-7-8-18-9-11-20(12-10-18)25-16(3)14-19(17(25)4)15-21-22(26)24(13-6-2)23(27)28-21/h2,9-12,14-15H,5,7-8,13H2,1,3-4H3/b21-15-. The van der Waals surface area contributed by atoms with Crippen LogP contribution in [0, 0.1) is 26.2 Å². The number of carbonyl (C=O) groups excluding carboxylic acids is 2. The molecule has 0 saturated carbocycles. The summed E-state index contributed by atoms with van der Waals surface area (Å²) in [5.74, 6) is 2.04. The van der Waals surface area contributed by atoms with Gasteiger partial charge in [0.05, 0.1) is 11.4 Å². The SMILES string of the molecule is C#CCN1C(=O)S/C(=C\c2cc(C)n(-c3ccc(CCCC)cc3)c2C)C1=O. The van der Waals surface area contributed by atoms with E-state index in [2.05, 4.69) is 41.7 Å². The van der Waals surface area contributed by atoms with Crippen LogP contribution in [0.3, 0.4) is 0 Å². The second-order valence-electron chi connectivity index (χ2n) is 6.90. The van der Waals surface area contributed by atoms with Gasteiger partial charge in [0, 0.05) is 17.1 Å². The quantitative estimate of drug-likeness (QED) is 0.507. The molecule has 0 spiro atoms. The number of thioether (sulfide) groups is 1. The molecule has 2 heterocycles. The summed E-state index contributed by atoms with van der Waals surface area (Å²) in [7, 11) is 0. The Morgan fingerprint density at radius 3 is 2.54 bits per heavy atom. The summed E-state index contributed by atoms with van der Waals surface area (Å²) in [6.07, 6.45) is 10.5. The van der Waals surface area contributed by atoms with Crippen LogP contribution in [0.4, 0.5) is 4.79 Å². The number of hydrogen-bond acceptors (Lipinski definition) is 3. The maximum absolute atomic E-state index is 12.4. The number of rotatable bonds is 6. The van der Waals surface area contributed by atoms with Crippen molar-refractivity contribution in [3.8, 4) is 18.0 Å². The van der Waals surface area contributed by atoms with Crippen LogP contribution < -0.4 is 0 Å². The van der Waals surface area contributed by atoms with E-state index in [1.807, 2.05) is 19.9 Å². The lowest BCUT2D eigenvalue weighted by Crippen LogP contribution is -2.28. The lowest BCUT2D eigenvalue weighted by atomic mass is 10.1. The summed E-state index contributed by atoms with van der Waals surface area (Å²) in [6.45, 7) is 6.27. The largest absolute Gasteiger partial charge is 0.318 e. The van der Waals surface area contributed by atoms with Crippen LogP contribution in [0.1, 0.15) is 42.3 Å². The smallest absolute Gasteiger partial charge is 0.294 e. The number of nitrogens with zero attached hydrogens (tertiary/aromatic N) is 2. The van der Waals surface area contributed by atoms with Crippen LogP contribution in [0.5, 0.6) is 0 Å². The molecule has 28 heavy (non-hydrogen) atoms. The van der Waals surface area contributed by atoms with Gasteiger partial charge in [0.2, 0.25) is 0 Å². The minimum Gasteiger partial charge on any atom is -0.318 e. The Morgan fingerprint density at radius 1 is 1.18 bits per heavy atom. The maximum atomic E-state index is 12.4. The minimum atomic E-state index is -0.321. The second kappa shape index (κ2) is 8.53. The first-order valence-electron chi connectivity index (χ1n) is 9.43. The third-order valence-electron chi connectivity index (χ3n) is 4.89. The summed E-state index contributed by atoms with van der Waals surface area (Å²) in [5, 5.41) is -0.314. The highest BCUT2D eigenvalue weighted by Gasteiger charge is 2.34. The molecular weight excluding hydrogens is 368 g/mol. The lowest BCUT2D eigenvalue weighted by molar-refractivity contribution is -0.122. The Balaban J connectivity index is 1.90. The fourth-order valence-corrected chi connectivity index (χ4v) is 4.22. The Labute approximate surface area is 170 Å². The number of amides is 2. The number of benzene rings is 1. The van der Waals surface area contributed by atoms with Crippen molar-refractivity contribution >= 4 is 29.0 Å². The lowest BCUT2D eigenvalue weighted by Gasteiger charge is -2.11. The molecule has 0 atom stereocenters. The van der Waals surface area contributed by atoms with Gasteiger partial charge in [-0.1, -0.05) is 31.4 Å². The highest BCUT2D eigenvalue weighted by Crippen LogP contribution is 2.33. The fraction of sp³-hybridized carbons (Fsp3) is 0.304. The Hall–Kier alpha value is -2.71. The monoisotopic (exact) mass is 392 g/mol. The molecule has 1 fully saturated rings. The topological polar surface area (TPSA) is 42.3 Å². The van der Waals surface area contributed by atoms with Gasteiger partial charge in [-0.2, -0.15) is 0 Å². The highest BCUT2D eigenvalue weighted by atomic mass is 32.2. The molecule has 0 bridgehead atoms. The van der Waals surface area contributed by atoms with Gasteiger partial charge >= 0.3 is 0 Å². The number of imide groups is 1. The van der Waals surface area contributed by atoms with Crippen molar-refractivity contribution in [1.82, 2.24) is 9.47 Å². The first-order valence-corrected chi connectivity index (χ1v) is 10.2. The van der Waals surface area contributed by atoms with E-state index >= 15 is 0 Å². The van der Waals surface area contributed by atoms with E-state index in [9.17, 15) is 9.59 Å². The molecule has 1 aliphatic rings. The molecule has 2 aromatic rings. The zero-order valence-electron chi connectivity index (χ0n) is 16.5. The minimum absolute atomic E-state index is 0.00537. The van der Waals surface area contributed by atoms with Crippen LogP contribution in [-0.4, -0.2) is 27.2 Å². The van der Waals surface area contributed by atoms with Gasteiger partial charge < -0.3 is 4.57 Å². The molecule has 0 unspecified atom stereocenters. The summed E-state index contributed by atoms with van der Waals surface area (Å²) in [6, 6.07) is 10.7. The molecule has 1 aliphatic heterocycles. The molecule has 144 valence electrons. The van der Waals surface area contributed by atoms with Crippen molar-refractivity contribution in [3.63, 3.8) is 0 Å². The molecule has 0 radical (unpaired) electrons. The average Bonchev–Trinajstić information content (AvgIpc) is 3.11. The zero-order chi connectivity index (χ0) is 20.3. The summed E-state index contributed by atoms with van der Waals surface area (Å²) >= 11 is 0.939. The molecule has 1 saturated heterocycles. The average molecular weight is 393 g/mol. The molecule has 1 aromatic carbocycles. The predicted octanol–water partition coefficient (Wildman–Crippen LogP) is 5.11. The van der Waals surface area contributed by atoms with Crippen LogP contribution in [0.15, 0.2) is 35.2 Å². The van der Waals surface area contributed by atoms with E-state index in [1.54, 1.807) is 6.08 Å². The summed E-state index contributed by atoms with van der Waals surface area (Å²) < 4.78 is 2.17. The second-order valence-corrected chi connectivity index (χ2v) is 7.90. The number of hydrogen-bond donors (Lipinski definition) is 0. The Kier molecular flexibility index (Phi) is 6.11. The molecule has 1 aromatic heterocycles. The molecule has 2 amide bonds. The number of carbonyl (C=O) groups is 2. The van der Waals surface area contributed by atoms with E-state index < -0.39 is 0 Å². The number of aromatic nitrogens is 1. The summed E-state index contributed by atoms with van der Waals surface area (Å²) in [5.41, 5.74) is 5.47. The van der Waals surface area contributed by atoms with E-state index in [1.165, 1.54) is 18.4 Å². The van der Waals surface area contributed by atoms with E-state index in [4.69, 9.17) is 6.42 Å². The molecule has 0 N–H and O–H groups in total. The molecule has 0 aliphatic carbocycles. The van der Waals surface area contributed by atoms with Crippen molar-refractivity contribution in [1.29, 1.82) is 0 Å². The Morgan fingerprint density at radius 2 is 1.89 bits per heavy atom. The summed E-state index contributed by atoms with van der Waals surface area (Å²) in [4.78, 5) is 25.9. The third kappa shape index (κ3) is 3.93. The first-order chi connectivity index (χ1) is 13.5. The predicted molar refractivity (Wildman–Crippen MR) is 115 cm³/mol. The third-order valence-corrected chi connectivity index (χ3v) is 5.80. The van der Waals surface area contributed by atoms with E-state index in [0.717, 1.165) is 45.7 Å². The zero-order valence-corrected chi connectivity index (χ0v) is 17.3. The van der Waals surface area contributed by atoms with Gasteiger partial charge in [-0.15, -0.1) is 6.42 Å². The number of terminal acetylenes is 1. The maximum Gasteiger partial charge on any atom is 0.294 e. The van der Waals surface area contributed by atoms with Crippen LogP contribution in [-0.2, 0) is 11.2 Å². The molecular formula is C23H24N2O2S. The van der Waals surface area contributed by atoms with Crippen molar-refractivity contribution in [2.75, 3.05) is 6.54 Å². The molecule has 5 heteroatoms. The van der Waals surface area contributed by atoms with Gasteiger partial charge in [0.25, 0.3) is 11.1 Å². The van der Waals surface area contributed by atoms with Crippen LogP contribution in [0.25, 0.3) is 11.8 Å².